The van der Waals surface area contributed by atoms with Gasteiger partial charge in [-0.3, -0.25) is 9.59 Å². The lowest BCUT2D eigenvalue weighted by atomic mass is 10.1. The van der Waals surface area contributed by atoms with Crippen molar-refractivity contribution in [2.75, 3.05) is 23.9 Å². The molecule has 2 aromatic carbocycles. The summed E-state index contributed by atoms with van der Waals surface area (Å²) in [6.07, 6.45) is -0.655. The molecule has 0 aliphatic heterocycles. The maximum absolute atomic E-state index is 13.3. The van der Waals surface area contributed by atoms with Crippen LogP contribution in [-0.2, 0) is 16.1 Å². The van der Waals surface area contributed by atoms with Gasteiger partial charge in [-0.2, -0.15) is 4.98 Å². The number of hydrogen-bond donors (Lipinski definition) is 5. The van der Waals surface area contributed by atoms with Gasteiger partial charge in [0.1, 0.15) is 12.7 Å². The standard InChI is InChI=1S/C23H24FN5O6/c24-9-10-29(12-13-1-6-17-16(11-13)21(33)28-23(25)27-17)15-4-2-14(3-5-15)20(32)26-18(22(34)35)7-8-19(30)31/h1-6,11,18H,7-10,12H2,(H,26,32)(H,30,31)(H,34,35)(H3,25,27,28,33)/t18-/m0/s1. The highest BCUT2D eigenvalue weighted by atomic mass is 19.1. The lowest BCUT2D eigenvalue weighted by Crippen LogP contribution is -2.41. The Morgan fingerprint density at radius 1 is 1.09 bits per heavy atom. The molecule has 184 valence electrons. The first-order valence-corrected chi connectivity index (χ1v) is 10.6. The number of benzene rings is 2. The molecule has 0 aliphatic rings. The van der Waals surface area contributed by atoms with Crippen molar-refractivity contribution in [3.63, 3.8) is 0 Å². The molecule has 11 nitrogen and oxygen atoms in total. The minimum atomic E-state index is -1.34. The summed E-state index contributed by atoms with van der Waals surface area (Å²) in [5.41, 5.74) is 7.54. The van der Waals surface area contributed by atoms with E-state index in [4.69, 9.17) is 10.8 Å². The highest BCUT2D eigenvalue weighted by Crippen LogP contribution is 2.25. The lowest BCUT2D eigenvalue weighted by molar-refractivity contribution is -0.140. The number of rotatable bonds is 11. The number of amides is 1. The average Bonchev–Trinajstić information content (AvgIpc) is 2.81. The van der Waals surface area contributed by atoms with Gasteiger partial charge in [0, 0.05) is 30.8 Å². The number of carboxylic acids is 2. The van der Waals surface area contributed by atoms with Crippen LogP contribution in [-0.4, -0.2) is 62.4 Å². The summed E-state index contributed by atoms with van der Waals surface area (Å²) < 4.78 is 13.3. The van der Waals surface area contributed by atoms with Crippen LogP contribution in [0.5, 0.6) is 5.88 Å². The fourth-order valence-electron chi connectivity index (χ4n) is 3.49. The van der Waals surface area contributed by atoms with Crippen LogP contribution in [0.2, 0.25) is 0 Å². The summed E-state index contributed by atoms with van der Waals surface area (Å²) in [5.74, 6) is -3.48. The molecule has 0 bridgehead atoms. The molecule has 3 aromatic rings. The Bertz CT molecular complexity index is 1240. The number of nitrogens with zero attached hydrogens (tertiary/aromatic N) is 3. The van der Waals surface area contributed by atoms with Crippen LogP contribution in [0.1, 0.15) is 28.8 Å². The zero-order valence-corrected chi connectivity index (χ0v) is 18.5. The first-order chi connectivity index (χ1) is 16.7. The Morgan fingerprint density at radius 2 is 1.80 bits per heavy atom. The predicted molar refractivity (Wildman–Crippen MR) is 125 cm³/mol. The third kappa shape index (κ3) is 6.53. The molecule has 0 saturated carbocycles. The molecule has 1 heterocycles. The molecular formula is C23H24FN5O6. The Morgan fingerprint density at radius 3 is 2.43 bits per heavy atom. The lowest BCUT2D eigenvalue weighted by Gasteiger charge is -2.24. The minimum Gasteiger partial charge on any atom is -0.493 e. The van der Waals surface area contributed by atoms with E-state index in [-0.39, 0.29) is 36.9 Å². The average molecular weight is 485 g/mol. The van der Waals surface area contributed by atoms with Crippen LogP contribution in [0.15, 0.2) is 42.5 Å². The first kappa shape index (κ1) is 25.1. The van der Waals surface area contributed by atoms with Gasteiger partial charge in [-0.1, -0.05) is 6.07 Å². The summed E-state index contributed by atoms with van der Waals surface area (Å²) in [6, 6.07) is 9.91. The summed E-state index contributed by atoms with van der Waals surface area (Å²) in [6.45, 7) is -0.292. The Hall–Kier alpha value is -4.48. The van der Waals surface area contributed by atoms with Crippen LogP contribution in [0.3, 0.4) is 0 Å². The van der Waals surface area contributed by atoms with Crippen LogP contribution < -0.4 is 16.0 Å². The molecule has 1 aromatic heterocycles. The number of aromatic hydroxyl groups is 1. The molecule has 35 heavy (non-hydrogen) atoms. The smallest absolute Gasteiger partial charge is 0.326 e. The Kier molecular flexibility index (Phi) is 7.97. The van der Waals surface area contributed by atoms with Gasteiger partial charge in [0.05, 0.1) is 10.9 Å². The fourth-order valence-corrected chi connectivity index (χ4v) is 3.49. The number of alkyl halides is 1. The number of hydrogen-bond acceptors (Lipinski definition) is 8. The number of anilines is 2. The van der Waals surface area contributed by atoms with Crippen LogP contribution in [0.25, 0.3) is 10.9 Å². The summed E-state index contributed by atoms with van der Waals surface area (Å²) in [4.78, 5) is 44.0. The van der Waals surface area contributed by atoms with E-state index in [1.165, 1.54) is 12.1 Å². The fraction of sp³-hybridized carbons (Fsp3) is 0.261. The molecule has 12 heteroatoms. The molecule has 0 unspecified atom stereocenters. The highest BCUT2D eigenvalue weighted by molar-refractivity contribution is 5.97. The van der Waals surface area contributed by atoms with Crippen molar-refractivity contribution in [3.8, 4) is 5.88 Å². The van der Waals surface area contributed by atoms with Gasteiger partial charge in [-0.25, -0.2) is 14.2 Å². The third-order valence-corrected chi connectivity index (χ3v) is 5.23. The number of carboxylic acid groups (broad SMARTS) is 2. The molecule has 3 rings (SSSR count). The SMILES string of the molecule is Nc1nc(O)c2cc(CN(CCF)c3ccc(C(=O)N[C@@H](CCC(=O)O)C(=O)O)cc3)ccc2n1. The maximum atomic E-state index is 13.3. The van der Waals surface area contributed by atoms with E-state index in [0.29, 0.717) is 16.6 Å². The van der Waals surface area contributed by atoms with E-state index in [9.17, 15) is 29.0 Å². The Balaban J connectivity index is 1.75. The number of nitrogens with one attached hydrogen (secondary N) is 1. The van der Waals surface area contributed by atoms with Crippen molar-refractivity contribution in [1.82, 2.24) is 15.3 Å². The van der Waals surface area contributed by atoms with Gasteiger partial charge in [0.15, 0.2) is 0 Å². The van der Waals surface area contributed by atoms with Gasteiger partial charge < -0.3 is 31.3 Å². The first-order valence-electron chi connectivity index (χ1n) is 10.6. The van der Waals surface area contributed by atoms with Crippen molar-refractivity contribution in [3.05, 3.63) is 53.6 Å². The molecule has 0 fully saturated rings. The largest absolute Gasteiger partial charge is 0.493 e. The number of carbonyl (C=O) groups excluding carboxylic acids is 1. The number of halogens is 1. The summed E-state index contributed by atoms with van der Waals surface area (Å²) in [5, 5.41) is 30.7. The second-order valence-electron chi connectivity index (χ2n) is 7.71. The monoisotopic (exact) mass is 485 g/mol. The second kappa shape index (κ2) is 11.1. The highest BCUT2D eigenvalue weighted by Gasteiger charge is 2.22. The molecule has 1 amide bonds. The second-order valence-corrected chi connectivity index (χ2v) is 7.71. The van der Waals surface area contributed by atoms with Gasteiger partial charge in [0.2, 0.25) is 11.8 Å². The summed E-state index contributed by atoms with van der Waals surface area (Å²) >= 11 is 0. The van der Waals surface area contributed by atoms with Gasteiger partial charge in [-0.05, 0) is 48.4 Å². The zero-order valence-electron chi connectivity index (χ0n) is 18.5. The van der Waals surface area contributed by atoms with Gasteiger partial charge >= 0.3 is 11.9 Å². The number of aliphatic carboxylic acids is 2. The molecule has 6 N–H and O–H groups in total. The molecule has 0 radical (unpaired) electrons. The zero-order chi connectivity index (χ0) is 25.5. The number of carbonyl (C=O) groups is 3. The predicted octanol–water partition coefficient (Wildman–Crippen LogP) is 1.94. The topological polar surface area (TPSA) is 179 Å². The number of fused-ring (bicyclic) bond motifs is 1. The van der Waals surface area contributed by atoms with Crippen LogP contribution >= 0.6 is 0 Å². The summed E-state index contributed by atoms with van der Waals surface area (Å²) in [7, 11) is 0. The number of nitrogens with two attached hydrogens (primary N) is 1. The van der Waals surface area contributed by atoms with E-state index < -0.39 is 37.0 Å². The normalized spacial score (nSPS) is 11.7. The van der Waals surface area contributed by atoms with E-state index in [1.54, 1.807) is 35.2 Å². The molecular weight excluding hydrogens is 461 g/mol. The maximum Gasteiger partial charge on any atom is 0.326 e. The van der Waals surface area contributed by atoms with Crippen molar-refractivity contribution in [2.45, 2.75) is 25.4 Å². The van der Waals surface area contributed by atoms with Crippen LogP contribution in [0.4, 0.5) is 16.0 Å². The van der Waals surface area contributed by atoms with E-state index >= 15 is 0 Å². The molecule has 0 saturated heterocycles. The van der Waals surface area contributed by atoms with Crippen molar-refractivity contribution in [1.29, 1.82) is 0 Å². The Labute approximate surface area is 199 Å². The number of aromatic nitrogens is 2. The molecule has 1 atom stereocenters. The van der Waals surface area contributed by atoms with Crippen LogP contribution in [0, 0.1) is 0 Å². The van der Waals surface area contributed by atoms with Crippen molar-refractivity contribution in [2.24, 2.45) is 0 Å². The minimum absolute atomic E-state index is 0.0532. The number of nitrogen functional groups attached to an aromatic ring is 1. The van der Waals surface area contributed by atoms with E-state index in [1.807, 2.05) is 0 Å². The van der Waals surface area contributed by atoms with E-state index in [0.717, 1.165) is 5.56 Å². The third-order valence-electron chi connectivity index (χ3n) is 5.23. The van der Waals surface area contributed by atoms with E-state index in [2.05, 4.69) is 15.3 Å². The van der Waals surface area contributed by atoms with Gasteiger partial charge in [0.25, 0.3) is 5.91 Å². The van der Waals surface area contributed by atoms with Crippen molar-refractivity contribution >= 4 is 40.4 Å². The quantitative estimate of drug-likeness (QED) is 0.269. The van der Waals surface area contributed by atoms with Crippen molar-refractivity contribution < 1.29 is 34.1 Å². The van der Waals surface area contributed by atoms with Gasteiger partial charge in [-0.15, -0.1) is 0 Å². The molecule has 0 aliphatic carbocycles. The molecule has 0 spiro atoms.